The van der Waals surface area contributed by atoms with Gasteiger partial charge in [0.15, 0.2) is 0 Å². The van der Waals surface area contributed by atoms with Crippen LogP contribution in [0.3, 0.4) is 0 Å². The molecule has 6 nitrogen and oxygen atoms in total. The molecule has 1 aliphatic heterocycles. The fourth-order valence-electron chi connectivity index (χ4n) is 2.46. The molecule has 0 spiro atoms. The van der Waals surface area contributed by atoms with Gasteiger partial charge in [0.1, 0.15) is 11.3 Å². The molecular weight excluding hydrogens is 274 g/mol. The Kier molecular flexibility index (Phi) is 5.55. The monoisotopic (exact) mass is 295 g/mol. The lowest BCUT2D eigenvalue weighted by Gasteiger charge is -2.33. The molecule has 1 aromatic rings. The molecule has 0 saturated carbocycles. The van der Waals surface area contributed by atoms with Gasteiger partial charge < -0.3 is 19.7 Å². The van der Waals surface area contributed by atoms with Crippen molar-refractivity contribution >= 4 is 5.97 Å². The number of methoxy groups -OCH3 is 1. The average Bonchev–Trinajstić information content (AvgIpc) is 2.47. The van der Waals surface area contributed by atoms with Crippen LogP contribution in [-0.2, 0) is 16.0 Å². The van der Waals surface area contributed by atoms with Crippen LogP contribution in [0.1, 0.15) is 22.3 Å². The van der Waals surface area contributed by atoms with Crippen LogP contribution in [0, 0.1) is 0 Å². The van der Waals surface area contributed by atoms with Crippen LogP contribution in [0.15, 0.2) is 18.2 Å². The molecule has 6 heteroatoms. The molecule has 0 amide bonds. The second-order valence-electron chi connectivity index (χ2n) is 5.17. The third-order valence-electron chi connectivity index (χ3n) is 3.56. The topological polar surface area (TPSA) is 79.2 Å². The molecule has 2 rings (SSSR count). The summed E-state index contributed by atoms with van der Waals surface area (Å²) >= 11 is 0. The Morgan fingerprint density at radius 1 is 1.52 bits per heavy atom. The van der Waals surface area contributed by atoms with Gasteiger partial charge in [0.2, 0.25) is 0 Å². The van der Waals surface area contributed by atoms with Gasteiger partial charge in [0.25, 0.3) is 0 Å². The summed E-state index contributed by atoms with van der Waals surface area (Å²) in [7, 11) is 1.67. The minimum absolute atomic E-state index is 0.0586. The van der Waals surface area contributed by atoms with E-state index >= 15 is 0 Å². The highest BCUT2D eigenvalue weighted by atomic mass is 16.5. The van der Waals surface area contributed by atoms with Crippen LogP contribution in [0.5, 0.6) is 5.75 Å². The maximum atomic E-state index is 11.0. The van der Waals surface area contributed by atoms with Gasteiger partial charge in [-0.15, -0.1) is 0 Å². The summed E-state index contributed by atoms with van der Waals surface area (Å²) in [5, 5.41) is 18.5. The zero-order chi connectivity index (χ0) is 15.2. The van der Waals surface area contributed by atoms with E-state index in [1.54, 1.807) is 13.2 Å². The van der Waals surface area contributed by atoms with Crippen molar-refractivity contribution in [2.24, 2.45) is 0 Å². The Morgan fingerprint density at radius 3 is 3.05 bits per heavy atom. The van der Waals surface area contributed by atoms with E-state index in [1.807, 2.05) is 0 Å². The number of ether oxygens (including phenoxy) is 2. The first kappa shape index (κ1) is 15.8. The maximum Gasteiger partial charge on any atom is 0.339 e. The number of rotatable bonds is 6. The molecule has 1 aliphatic rings. The first-order chi connectivity index (χ1) is 10.1. The highest BCUT2D eigenvalue weighted by molar-refractivity contribution is 5.90. The molecule has 0 radical (unpaired) electrons. The van der Waals surface area contributed by atoms with Crippen molar-refractivity contribution < 1.29 is 24.5 Å². The van der Waals surface area contributed by atoms with Gasteiger partial charge in [-0.25, -0.2) is 4.79 Å². The number of carbonyl (C=O) groups is 1. The first-order valence-electron chi connectivity index (χ1n) is 6.98. The smallest absolute Gasteiger partial charge is 0.339 e. The van der Waals surface area contributed by atoms with Crippen molar-refractivity contribution in [3.63, 3.8) is 0 Å². The number of nitrogens with zero attached hydrogens (tertiary/aromatic N) is 1. The number of aromatic hydroxyl groups is 1. The zero-order valence-corrected chi connectivity index (χ0v) is 12.1. The largest absolute Gasteiger partial charge is 0.507 e. The summed E-state index contributed by atoms with van der Waals surface area (Å²) in [5.41, 5.74) is 0.814. The van der Waals surface area contributed by atoms with Crippen molar-refractivity contribution in [1.29, 1.82) is 0 Å². The molecule has 1 heterocycles. The second kappa shape index (κ2) is 7.40. The van der Waals surface area contributed by atoms with Gasteiger partial charge in [-0.3, -0.25) is 4.90 Å². The van der Waals surface area contributed by atoms with Crippen LogP contribution in [0.4, 0.5) is 0 Å². The van der Waals surface area contributed by atoms with Gasteiger partial charge in [-0.05, 0) is 24.1 Å². The molecule has 1 fully saturated rings. The van der Waals surface area contributed by atoms with Gasteiger partial charge >= 0.3 is 5.97 Å². The SMILES string of the molecule is COCC[C@@H]1CN(Cc2ccc(O)c(C(=O)O)c2)CCO1. The van der Waals surface area contributed by atoms with E-state index < -0.39 is 5.97 Å². The molecular formula is C15H21NO5. The van der Waals surface area contributed by atoms with Crippen LogP contribution >= 0.6 is 0 Å². The zero-order valence-electron chi connectivity index (χ0n) is 12.1. The van der Waals surface area contributed by atoms with E-state index in [0.29, 0.717) is 19.8 Å². The van der Waals surface area contributed by atoms with Crippen LogP contribution < -0.4 is 0 Å². The quantitative estimate of drug-likeness (QED) is 0.824. The molecule has 0 aromatic heterocycles. The highest BCUT2D eigenvalue weighted by Crippen LogP contribution is 2.20. The third kappa shape index (κ3) is 4.42. The predicted molar refractivity (Wildman–Crippen MR) is 76.6 cm³/mol. The van der Waals surface area contributed by atoms with E-state index in [4.69, 9.17) is 14.6 Å². The molecule has 1 atom stereocenters. The van der Waals surface area contributed by atoms with E-state index in [2.05, 4.69) is 4.90 Å². The van der Waals surface area contributed by atoms with E-state index in [1.165, 1.54) is 12.1 Å². The average molecular weight is 295 g/mol. The summed E-state index contributed by atoms with van der Waals surface area (Å²) in [6.07, 6.45) is 0.998. The van der Waals surface area contributed by atoms with Crippen molar-refractivity contribution in [3.05, 3.63) is 29.3 Å². The second-order valence-corrected chi connectivity index (χ2v) is 5.17. The van der Waals surface area contributed by atoms with E-state index in [-0.39, 0.29) is 17.4 Å². The third-order valence-corrected chi connectivity index (χ3v) is 3.56. The number of aromatic carboxylic acids is 1. The number of carboxylic acids is 1. The minimum Gasteiger partial charge on any atom is -0.507 e. The fourth-order valence-corrected chi connectivity index (χ4v) is 2.46. The Balaban J connectivity index is 1.97. The number of morpholine rings is 1. The standard InChI is InChI=1S/C15H21NO5/c1-20-6-4-12-10-16(5-7-21-12)9-11-2-3-14(17)13(8-11)15(18)19/h2-3,8,12,17H,4-7,9-10H2,1H3,(H,18,19)/t12-/m1/s1. The van der Waals surface area contributed by atoms with Gasteiger partial charge in [-0.2, -0.15) is 0 Å². The number of phenols is 1. The number of benzene rings is 1. The van der Waals surface area contributed by atoms with Gasteiger partial charge in [0.05, 0.1) is 12.7 Å². The Hall–Kier alpha value is -1.63. The fraction of sp³-hybridized carbons (Fsp3) is 0.533. The van der Waals surface area contributed by atoms with Gasteiger partial charge in [-0.1, -0.05) is 6.07 Å². The van der Waals surface area contributed by atoms with Crippen molar-refractivity contribution in [1.82, 2.24) is 4.90 Å². The Bertz CT molecular complexity index is 491. The predicted octanol–water partition coefficient (Wildman–Crippen LogP) is 1.33. The maximum absolute atomic E-state index is 11.0. The summed E-state index contributed by atoms with van der Waals surface area (Å²) in [6, 6.07) is 4.71. The van der Waals surface area contributed by atoms with E-state index in [9.17, 15) is 9.90 Å². The van der Waals surface area contributed by atoms with Crippen molar-refractivity contribution in [2.75, 3.05) is 33.4 Å². The van der Waals surface area contributed by atoms with Crippen LogP contribution in [0.25, 0.3) is 0 Å². The first-order valence-corrected chi connectivity index (χ1v) is 6.98. The summed E-state index contributed by atoms with van der Waals surface area (Å²) in [5.74, 6) is -1.32. The lowest BCUT2D eigenvalue weighted by atomic mass is 10.1. The summed E-state index contributed by atoms with van der Waals surface area (Å²) in [6.45, 7) is 3.59. The Labute approximate surface area is 123 Å². The lowest BCUT2D eigenvalue weighted by molar-refractivity contribution is -0.0432. The van der Waals surface area contributed by atoms with Gasteiger partial charge in [0, 0.05) is 33.4 Å². The lowest BCUT2D eigenvalue weighted by Crippen LogP contribution is -2.42. The molecule has 21 heavy (non-hydrogen) atoms. The van der Waals surface area contributed by atoms with E-state index in [0.717, 1.165) is 25.1 Å². The molecule has 2 N–H and O–H groups in total. The minimum atomic E-state index is -1.12. The molecule has 0 unspecified atom stereocenters. The molecule has 0 aliphatic carbocycles. The molecule has 116 valence electrons. The molecule has 1 aromatic carbocycles. The number of hydrogen-bond donors (Lipinski definition) is 2. The van der Waals surface area contributed by atoms with Crippen LogP contribution in [0.2, 0.25) is 0 Å². The van der Waals surface area contributed by atoms with Crippen molar-refractivity contribution in [3.8, 4) is 5.75 Å². The number of carboxylic acid groups (broad SMARTS) is 1. The van der Waals surface area contributed by atoms with Crippen molar-refractivity contribution in [2.45, 2.75) is 19.1 Å². The molecule has 0 bridgehead atoms. The summed E-state index contributed by atoms with van der Waals surface area (Å²) in [4.78, 5) is 13.3. The highest BCUT2D eigenvalue weighted by Gasteiger charge is 2.21. The molecule has 1 saturated heterocycles. The van der Waals surface area contributed by atoms with Crippen LogP contribution in [-0.4, -0.2) is 60.6 Å². The normalized spacial score (nSPS) is 19.6. The number of hydrogen-bond acceptors (Lipinski definition) is 5. The Morgan fingerprint density at radius 2 is 2.33 bits per heavy atom. The summed E-state index contributed by atoms with van der Waals surface area (Å²) < 4.78 is 10.7.